The van der Waals surface area contributed by atoms with Crippen LogP contribution < -0.4 is 10.5 Å². The van der Waals surface area contributed by atoms with Gasteiger partial charge in [0.05, 0.1) is 11.4 Å². The lowest BCUT2D eigenvalue weighted by molar-refractivity contribution is 0.246. The fourth-order valence-corrected chi connectivity index (χ4v) is 3.45. The second-order valence-electron chi connectivity index (χ2n) is 6.77. The molecule has 3 heterocycles. The zero-order valence-electron chi connectivity index (χ0n) is 14.8. The van der Waals surface area contributed by atoms with E-state index in [0.717, 1.165) is 43.1 Å². The highest BCUT2D eigenvalue weighted by Gasteiger charge is 2.19. The summed E-state index contributed by atoms with van der Waals surface area (Å²) >= 11 is 0. The van der Waals surface area contributed by atoms with Gasteiger partial charge in [-0.25, -0.2) is 4.98 Å². The van der Waals surface area contributed by atoms with Crippen LogP contribution in [0.1, 0.15) is 11.3 Å². The number of nitrogens with zero attached hydrogens (tertiary/aromatic N) is 4. The normalized spacial score (nSPS) is 15.5. The summed E-state index contributed by atoms with van der Waals surface area (Å²) < 4.78 is 1.59. The number of aryl methyl sites for hydroxylation is 1. The van der Waals surface area contributed by atoms with E-state index in [-0.39, 0.29) is 5.56 Å². The minimum absolute atomic E-state index is 0.0402. The fourth-order valence-electron chi connectivity index (χ4n) is 3.45. The molecule has 0 unspecified atom stereocenters. The first kappa shape index (κ1) is 16.6. The van der Waals surface area contributed by atoms with Crippen LogP contribution in [-0.2, 0) is 6.54 Å². The Bertz CT molecular complexity index is 991. The molecule has 1 fully saturated rings. The number of piperazine rings is 1. The Morgan fingerprint density at radius 3 is 2.62 bits per heavy atom. The van der Waals surface area contributed by atoms with Gasteiger partial charge in [-0.05, 0) is 30.7 Å². The molecule has 1 aliphatic heterocycles. The predicted octanol–water partition coefficient (Wildman–Crippen LogP) is 2.03. The Morgan fingerprint density at radius 2 is 1.85 bits per heavy atom. The van der Waals surface area contributed by atoms with Crippen LogP contribution in [0.4, 0.5) is 5.69 Å². The summed E-state index contributed by atoms with van der Waals surface area (Å²) in [5.41, 5.74) is 3.36. The molecule has 0 atom stereocenters. The van der Waals surface area contributed by atoms with E-state index in [2.05, 4.69) is 14.8 Å². The summed E-state index contributed by atoms with van der Waals surface area (Å²) in [6.07, 6.45) is 1.82. The largest absolute Gasteiger partial charge is 0.506 e. The third kappa shape index (κ3) is 3.28. The van der Waals surface area contributed by atoms with Gasteiger partial charge in [-0.1, -0.05) is 18.2 Å². The van der Waals surface area contributed by atoms with Crippen molar-refractivity contribution in [2.75, 3.05) is 31.1 Å². The van der Waals surface area contributed by atoms with Gasteiger partial charge in [0.25, 0.3) is 5.56 Å². The van der Waals surface area contributed by atoms with Crippen molar-refractivity contribution in [2.24, 2.45) is 0 Å². The first-order valence-electron chi connectivity index (χ1n) is 8.84. The molecule has 6 nitrogen and oxygen atoms in total. The molecule has 2 aromatic heterocycles. The van der Waals surface area contributed by atoms with Crippen LogP contribution in [0.15, 0.2) is 53.5 Å². The van der Waals surface area contributed by atoms with Crippen LogP contribution in [0.2, 0.25) is 0 Å². The molecule has 1 saturated heterocycles. The van der Waals surface area contributed by atoms with E-state index in [1.54, 1.807) is 16.5 Å². The van der Waals surface area contributed by atoms with Crippen molar-refractivity contribution in [1.29, 1.82) is 0 Å². The van der Waals surface area contributed by atoms with Crippen LogP contribution in [0.5, 0.6) is 5.75 Å². The molecule has 3 aromatic rings. The third-order valence-electron chi connectivity index (χ3n) is 4.84. The van der Waals surface area contributed by atoms with Gasteiger partial charge < -0.3 is 10.0 Å². The summed E-state index contributed by atoms with van der Waals surface area (Å²) in [5, 5.41) is 10.0. The van der Waals surface area contributed by atoms with E-state index in [9.17, 15) is 9.90 Å². The lowest BCUT2D eigenvalue weighted by Crippen LogP contribution is -2.46. The molecule has 1 aliphatic rings. The highest BCUT2D eigenvalue weighted by molar-refractivity contribution is 5.57. The van der Waals surface area contributed by atoms with Crippen molar-refractivity contribution >= 4 is 11.3 Å². The Labute approximate surface area is 151 Å². The highest BCUT2D eigenvalue weighted by Crippen LogP contribution is 2.27. The monoisotopic (exact) mass is 350 g/mol. The summed E-state index contributed by atoms with van der Waals surface area (Å²) in [7, 11) is 0. The van der Waals surface area contributed by atoms with Gasteiger partial charge in [0.15, 0.2) is 0 Å². The molecule has 134 valence electrons. The standard InChI is InChI=1S/C20H22N4O2/c1-15-6-7-19-21-16(12-20(26)24(19)13-15)14-22-8-10-23(11-9-22)17-4-2-3-5-18(17)25/h2-7,12-13,25H,8-11,14H2,1H3. The van der Waals surface area contributed by atoms with Crippen molar-refractivity contribution in [3.63, 3.8) is 0 Å². The lowest BCUT2D eigenvalue weighted by Gasteiger charge is -2.36. The zero-order chi connectivity index (χ0) is 18.1. The average Bonchev–Trinajstić information content (AvgIpc) is 2.64. The minimum Gasteiger partial charge on any atom is -0.506 e. The second-order valence-corrected chi connectivity index (χ2v) is 6.77. The molecule has 1 aromatic carbocycles. The Balaban J connectivity index is 1.46. The van der Waals surface area contributed by atoms with E-state index in [1.807, 2.05) is 43.5 Å². The molecule has 0 radical (unpaired) electrons. The molecule has 0 spiro atoms. The summed E-state index contributed by atoms with van der Waals surface area (Å²) in [6.45, 7) is 6.03. The first-order chi connectivity index (χ1) is 12.6. The third-order valence-corrected chi connectivity index (χ3v) is 4.84. The van der Waals surface area contributed by atoms with Gasteiger partial charge in [0.2, 0.25) is 0 Å². The van der Waals surface area contributed by atoms with E-state index in [4.69, 9.17) is 0 Å². The summed E-state index contributed by atoms with van der Waals surface area (Å²) in [6, 6.07) is 12.9. The SMILES string of the molecule is Cc1ccc2nc(CN3CCN(c4ccccc4O)CC3)cc(=O)n2c1. The van der Waals surface area contributed by atoms with E-state index in [1.165, 1.54) is 0 Å². The molecule has 4 rings (SSSR count). The second kappa shape index (κ2) is 6.80. The Kier molecular flexibility index (Phi) is 4.34. The maximum atomic E-state index is 12.3. The number of hydrogen-bond acceptors (Lipinski definition) is 5. The molecule has 26 heavy (non-hydrogen) atoms. The number of aromatic hydroxyl groups is 1. The topological polar surface area (TPSA) is 61.1 Å². The van der Waals surface area contributed by atoms with E-state index < -0.39 is 0 Å². The molecule has 0 aliphatic carbocycles. The molecule has 1 N–H and O–H groups in total. The number of fused-ring (bicyclic) bond motifs is 1. The van der Waals surface area contributed by atoms with Crippen molar-refractivity contribution in [3.8, 4) is 5.75 Å². The smallest absolute Gasteiger partial charge is 0.258 e. The van der Waals surface area contributed by atoms with Gasteiger partial charge in [0.1, 0.15) is 11.4 Å². The highest BCUT2D eigenvalue weighted by atomic mass is 16.3. The van der Waals surface area contributed by atoms with Gasteiger partial charge in [-0.15, -0.1) is 0 Å². The Morgan fingerprint density at radius 1 is 1.08 bits per heavy atom. The number of hydrogen-bond donors (Lipinski definition) is 1. The predicted molar refractivity (Wildman–Crippen MR) is 102 cm³/mol. The molecule has 0 bridgehead atoms. The van der Waals surface area contributed by atoms with Crippen molar-refractivity contribution in [2.45, 2.75) is 13.5 Å². The maximum absolute atomic E-state index is 12.3. The van der Waals surface area contributed by atoms with Crippen molar-refractivity contribution < 1.29 is 5.11 Å². The molecular weight excluding hydrogens is 328 g/mol. The van der Waals surface area contributed by atoms with E-state index >= 15 is 0 Å². The number of anilines is 1. The molecule has 0 amide bonds. The van der Waals surface area contributed by atoms with Gasteiger partial charge in [0, 0.05) is 45.0 Å². The van der Waals surface area contributed by atoms with Crippen LogP contribution in [-0.4, -0.2) is 45.6 Å². The summed E-state index contributed by atoms with van der Waals surface area (Å²) in [4.78, 5) is 21.5. The van der Waals surface area contributed by atoms with Crippen molar-refractivity contribution in [1.82, 2.24) is 14.3 Å². The number of phenolic OH excluding ortho intramolecular Hbond substituents is 1. The lowest BCUT2D eigenvalue weighted by atomic mass is 10.2. The van der Waals surface area contributed by atoms with Crippen LogP contribution in [0.25, 0.3) is 5.65 Å². The average molecular weight is 350 g/mol. The van der Waals surface area contributed by atoms with Crippen LogP contribution >= 0.6 is 0 Å². The summed E-state index contributed by atoms with van der Waals surface area (Å²) in [5.74, 6) is 0.320. The quantitative estimate of drug-likeness (QED) is 0.783. The maximum Gasteiger partial charge on any atom is 0.258 e. The number of para-hydroxylation sites is 2. The number of rotatable bonds is 3. The van der Waals surface area contributed by atoms with Crippen molar-refractivity contribution in [3.05, 3.63) is 70.3 Å². The van der Waals surface area contributed by atoms with Crippen LogP contribution in [0, 0.1) is 6.92 Å². The minimum atomic E-state index is -0.0402. The molecule has 6 heteroatoms. The fraction of sp³-hybridized carbons (Fsp3) is 0.300. The van der Waals surface area contributed by atoms with Gasteiger partial charge in [-0.2, -0.15) is 0 Å². The molecular formula is C20H22N4O2. The number of benzene rings is 1. The van der Waals surface area contributed by atoms with Crippen LogP contribution in [0.3, 0.4) is 0 Å². The van der Waals surface area contributed by atoms with Gasteiger partial charge in [-0.3, -0.25) is 14.1 Å². The zero-order valence-corrected chi connectivity index (χ0v) is 14.8. The Hall–Kier alpha value is -2.86. The number of phenols is 1. The number of aromatic nitrogens is 2. The van der Waals surface area contributed by atoms with Gasteiger partial charge >= 0.3 is 0 Å². The first-order valence-corrected chi connectivity index (χ1v) is 8.84. The molecule has 0 saturated carbocycles. The number of pyridine rings is 1. The van der Waals surface area contributed by atoms with E-state index in [0.29, 0.717) is 17.9 Å².